The Kier molecular flexibility index (Phi) is 3.09. The van der Waals surface area contributed by atoms with Crippen molar-refractivity contribution in [1.29, 1.82) is 0 Å². The van der Waals surface area contributed by atoms with Crippen molar-refractivity contribution in [2.24, 2.45) is 0 Å². The second-order valence-corrected chi connectivity index (χ2v) is 4.41. The minimum atomic E-state index is -1.47. The Balaban J connectivity index is 2.55. The number of alkyl halides is 1. The van der Waals surface area contributed by atoms with Crippen molar-refractivity contribution < 1.29 is 13.2 Å². The molecule has 0 amide bonds. The molecule has 0 saturated carbocycles. The molecule has 1 unspecified atom stereocenters. The van der Waals surface area contributed by atoms with Crippen molar-refractivity contribution >= 4 is 5.57 Å². The molecule has 90 valence electrons. The summed E-state index contributed by atoms with van der Waals surface area (Å²) in [5.74, 6) is -1.25. The van der Waals surface area contributed by atoms with Gasteiger partial charge in [0.1, 0.15) is 17.8 Å². The number of hydrogen-bond acceptors (Lipinski definition) is 0. The fourth-order valence-electron chi connectivity index (χ4n) is 2.02. The summed E-state index contributed by atoms with van der Waals surface area (Å²) in [4.78, 5) is 0. The van der Waals surface area contributed by atoms with Crippen LogP contribution in [0.5, 0.6) is 0 Å². The van der Waals surface area contributed by atoms with Gasteiger partial charge < -0.3 is 0 Å². The monoisotopic (exact) mass is 238 g/mol. The molecule has 17 heavy (non-hydrogen) atoms. The first-order valence-corrected chi connectivity index (χ1v) is 5.46. The molecule has 0 saturated heterocycles. The highest BCUT2D eigenvalue weighted by atomic mass is 19.1. The lowest BCUT2D eigenvalue weighted by atomic mass is 9.91. The molecule has 0 N–H and O–H groups in total. The summed E-state index contributed by atoms with van der Waals surface area (Å²) < 4.78 is 41.2. The van der Waals surface area contributed by atoms with Gasteiger partial charge in [-0.05, 0) is 31.6 Å². The fraction of sp³-hybridized carbons (Fsp3) is 0.286. The minimum Gasteiger partial charge on any atom is -0.242 e. The van der Waals surface area contributed by atoms with Crippen LogP contribution in [0.2, 0.25) is 0 Å². The smallest absolute Gasteiger partial charge is 0.132 e. The van der Waals surface area contributed by atoms with E-state index in [0.717, 1.165) is 5.56 Å². The van der Waals surface area contributed by atoms with E-state index in [4.69, 9.17) is 0 Å². The van der Waals surface area contributed by atoms with E-state index in [-0.39, 0.29) is 17.6 Å². The molecule has 0 aliphatic heterocycles. The second kappa shape index (κ2) is 4.40. The third kappa shape index (κ3) is 2.28. The van der Waals surface area contributed by atoms with Gasteiger partial charge >= 0.3 is 0 Å². The molecule has 1 aromatic carbocycles. The van der Waals surface area contributed by atoms with Crippen LogP contribution < -0.4 is 0 Å². The number of aryl methyl sites for hydroxylation is 1. The van der Waals surface area contributed by atoms with Crippen molar-refractivity contribution in [3.63, 3.8) is 0 Å². The minimum absolute atomic E-state index is 0.0179. The fourth-order valence-corrected chi connectivity index (χ4v) is 2.02. The molecule has 0 bridgehead atoms. The molecule has 0 heterocycles. The molecule has 0 aromatic heterocycles. The maximum Gasteiger partial charge on any atom is 0.132 e. The standard InChI is InChI=1S/C14H13F3/c1-8-3-4-10(11(15)5-8)14-12(16)6-9(2)7-13(14)17/h3-6,13H,7H2,1-2H3. The van der Waals surface area contributed by atoms with Crippen LogP contribution in [0.25, 0.3) is 5.57 Å². The Morgan fingerprint density at radius 2 is 1.88 bits per heavy atom. The first-order chi connectivity index (χ1) is 7.99. The van der Waals surface area contributed by atoms with Crippen LogP contribution in [-0.2, 0) is 0 Å². The number of halogens is 3. The predicted octanol–water partition coefficient (Wildman–Crippen LogP) is 4.50. The molecule has 1 aliphatic carbocycles. The molecular formula is C14H13F3. The SMILES string of the molecule is CC1=CC(F)=C(c2ccc(C)cc2F)C(F)C1. The third-order valence-corrected chi connectivity index (χ3v) is 2.86. The van der Waals surface area contributed by atoms with Crippen LogP contribution in [0, 0.1) is 12.7 Å². The number of benzene rings is 1. The Labute approximate surface area is 98.5 Å². The van der Waals surface area contributed by atoms with Crippen LogP contribution in [0.3, 0.4) is 0 Å². The van der Waals surface area contributed by atoms with Crippen LogP contribution in [0.1, 0.15) is 24.5 Å². The molecule has 3 heteroatoms. The second-order valence-electron chi connectivity index (χ2n) is 4.41. The first kappa shape index (κ1) is 12.0. The summed E-state index contributed by atoms with van der Waals surface area (Å²) in [6, 6.07) is 4.37. The lowest BCUT2D eigenvalue weighted by molar-refractivity contribution is 0.397. The summed E-state index contributed by atoms with van der Waals surface area (Å²) >= 11 is 0. The van der Waals surface area contributed by atoms with Gasteiger partial charge in [0.05, 0.1) is 0 Å². The van der Waals surface area contributed by atoms with E-state index >= 15 is 0 Å². The number of allylic oxidation sites excluding steroid dienone is 4. The zero-order valence-electron chi connectivity index (χ0n) is 9.73. The van der Waals surface area contributed by atoms with E-state index < -0.39 is 17.8 Å². The van der Waals surface area contributed by atoms with Gasteiger partial charge in [-0.3, -0.25) is 0 Å². The van der Waals surface area contributed by atoms with Gasteiger partial charge in [-0.25, -0.2) is 13.2 Å². The summed E-state index contributed by atoms with van der Waals surface area (Å²) in [6.45, 7) is 3.39. The average molecular weight is 238 g/mol. The highest BCUT2D eigenvalue weighted by Crippen LogP contribution is 2.35. The van der Waals surface area contributed by atoms with Gasteiger partial charge in [-0.15, -0.1) is 0 Å². The third-order valence-electron chi connectivity index (χ3n) is 2.86. The number of hydrogen-bond donors (Lipinski definition) is 0. The average Bonchev–Trinajstić information content (AvgIpc) is 2.19. The molecule has 0 spiro atoms. The van der Waals surface area contributed by atoms with E-state index in [1.165, 1.54) is 18.2 Å². The van der Waals surface area contributed by atoms with E-state index in [9.17, 15) is 13.2 Å². The number of rotatable bonds is 1. The Morgan fingerprint density at radius 1 is 1.18 bits per heavy atom. The van der Waals surface area contributed by atoms with E-state index in [0.29, 0.717) is 5.57 Å². The van der Waals surface area contributed by atoms with Crippen LogP contribution in [0.15, 0.2) is 35.7 Å². The molecule has 0 nitrogen and oxygen atoms in total. The predicted molar refractivity (Wildman–Crippen MR) is 62.4 cm³/mol. The highest BCUT2D eigenvalue weighted by molar-refractivity contribution is 5.74. The van der Waals surface area contributed by atoms with Gasteiger partial charge in [-0.1, -0.05) is 17.7 Å². The van der Waals surface area contributed by atoms with Crippen LogP contribution in [-0.4, -0.2) is 6.17 Å². The van der Waals surface area contributed by atoms with Gasteiger partial charge in [0.2, 0.25) is 0 Å². The van der Waals surface area contributed by atoms with Crippen molar-refractivity contribution in [3.8, 4) is 0 Å². The van der Waals surface area contributed by atoms with E-state index in [1.807, 2.05) is 0 Å². The first-order valence-electron chi connectivity index (χ1n) is 5.46. The molecule has 2 rings (SSSR count). The Bertz CT molecular complexity index is 512. The summed E-state index contributed by atoms with van der Waals surface area (Å²) in [6.07, 6.45) is -0.0851. The Hall–Kier alpha value is -1.51. The van der Waals surface area contributed by atoms with E-state index in [2.05, 4.69) is 0 Å². The summed E-state index contributed by atoms with van der Waals surface area (Å²) in [5.41, 5.74) is 1.20. The molecule has 0 fully saturated rings. The highest BCUT2D eigenvalue weighted by Gasteiger charge is 2.25. The normalized spacial score (nSPS) is 20.5. The van der Waals surface area contributed by atoms with Crippen LogP contribution >= 0.6 is 0 Å². The van der Waals surface area contributed by atoms with Gasteiger partial charge in [0.25, 0.3) is 0 Å². The van der Waals surface area contributed by atoms with E-state index in [1.54, 1.807) is 19.9 Å². The summed E-state index contributed by atoms with van der Waals surface area (Å²) in [7, 11) is 0. The maximum atomic E-state index is 13.8. The largest absolute Gasteiger partial charge is 0.242 e. The zero-order chi connectivity index (χ0) is 12.6. The summed E-state index contributed by atoms with van der Waals surface area (Å²) in [5, 5.41) is 0. The van der Waals surface area contributed by atoms with Crippen molar-refractivity contribution in [3.05, 3.63) is 52.6 Å². The lowest BCUT2D eigenvalue weighted by Crippen LogP contribution is -2.11. The maximum absolute atomic E-state index is 13.8. The molecule has 0 radical (unpaired) electrons. The zero-order valence-corrected chi connectivity index (χ0v) is 9.73. The van der Waals surface area contributed by atoms with Gasteiger partial charge in [0, 0.05) is 17.6 Å². The molecule has 1 atom stereocenters. The van der Waals surface area contributed by atoms with Crippen LogP contribution in [0.4, 0.5) is 13.2 Å². The lowest BCUT2D eigenvalue weighted by Gasteiger charge is -2.19. The topological polar surface area (TPSA) is 0 Å². The Morgan fingerprint density at radius 3 is 2.47 bits per heavy atom. The van der Waals surface area contributed by atoms with Gasteiger partial charge in [-0.2, -0.15) is 0 Å². The molecular weight excluding hydrogens is 225 g/mol. The van der Waals surface area contributed by atoms with Crippen molar-refractivity contribution in [1.82, 2.24) is 0 Å². The van der Waals surface area contributed by atoms with Crippen molar-refractivity contribution in [2.75, 3.05) is 0 Å². The quantitative estimate of drug-likeness (QED) is 0.675. The molecule has 1 aromatic rings. The van der Waals surface area contributed by atoms with Crippen molar-refractivity contribution in [2.45, 2.75) is 26.4 Å². The molecule has 1 aliphatic rings. The van der Waals surface area contributed by atoms with Gasteiger partial charge in [0.15, 0.2) is 0 Å².